The van der Waals surface area contributed by atoms with Gasteiger partial charge < -0.3 is 10.3 Å². The minimum absolute atomic E-state index is 0.152. The number of nitrogens with two attached hydrogens (primary N) is 1. The second-order valence-corrected chi connectivity index (χ2v) is 9.93. The largest absolute Gasteiger partial charge is 0.399 e. The highest BCUT2D eigenvalue weighted by molar-refractivity contribution is 7.92. The molecule has 5 rings (SSSR count). The molecule has 0 atom stereocenters. The second-order valence-electron chi connectivity index (χ2n) is 8.25. The van der Waals surface area contributed by atoms with Gasteiger partial charge in [0.05, 0.1) is 15.9 Å². The van der Waals surface area contributed by atoms with Crippen molar-refractivity contribution in [3.63, 3.8) is 0 Å². The maximum Gasteiger partial charge on any atom is 0.261 e. The van der Waals surface area contributed by atoms with E-state index in [1.165, 1.54) is 17.7 Å². The standard InChI is InChI=1S/C27H24N4O2S/c1-19-9-11-20(12-10-19)18-31-26-8-3-2-7-25(26)29-27(31)21-5-4-6-23(17-21)30-34(32,33)24-15-13-22(28)14-16-24/h2-17,30H,18,28H2,1H3. The molecule has 34 heavy (non-hydrogen) atoms. The van der Waals surface area contributed by atoms with E-state index in [1.807, 2.05) is 42.5 Å². The van der Waals surface area contributed by atoms with Gasteiger partial charge in [0.2, 0.25) is 0 Å². The molecule has 170 valence electrons. The quantitative estimate of drug-likeness (QED) is 0.325. The highest BCUT2D eigenvalue weighted by Crippen LogP contribution is 2.28. The first kappa shape index (κ1) is 21.7. The van der Waals surface area contributed by atoms with Crippen molar-refractivity contribution in [2.24, 2.45) is 0 Å². The van der Waals surface area contributed by atoms with Gasteiger partial charge in [0, 0.05) is 23.5 Å². The van der Waals surface area contributed by atoms with E-state index in [4.69, 9.17) is 10.7 Å². The van der Waals surface area contributed by atoms with Gasteiger partial charge in [0.1, 0.15) is 5.82 Å². The molecule has 5 aromatic rings. The molecule has 0 bridgehead atoms. The van der Waals surface area contributed by atoms with Gasteiger partial charge in [-0.25, -0.2) is 13.4 Å². The molecule has 0 radical (unpaired) electrons. The molecule has 0 amide bonds. The lowest BCUT2D eigenvalue weighted by Crippen LogP contribution is -2.13. The molecular weight excluding hydrogens is 444 g/mol. The summed E-state index contributed by atoms with van der Waals surface area (Å²) in [4.78, 5) is 5.03. The van der Waals surface area contributed by atoms with Gasteiger partial charge >= 0.3 is 0 Å². The van der Waals surface area contributed by atoms with Crippen LogP contribution in [-0.4, -0.2) is 18.0 Å². The molecule has 7 heteroatoms. The molecule has 0 aliphatic carbocycles. The van der Waals surface area contributed by atoms with E-state index in [0.29, 0.717) is 17.9 Å². The Labute approximate surface area is 198 Å². The first-order valence-corrected chi connectivity index (χ1v) is 12.4. The average molecular weight is 469 g/mol. The number of hydrogen-bond donors (Lipinski definition) is 2. The Hall–Kier alpha value is -4.10. The first-order valence-electron chi connectivity index (χ1n) is 10.9. The van der Waals surface area contributed by atoms with E-state index >= 15 is 0 Å². The minimum atomic E-state index is -3.75. The van der Waals surface area contributed by atoms with Crippen LogP contribution in [0.5, 0.6) is 0 Å². The predicted molar refractivity (Wildman–Crippen MR) is 137 cm³/mol. The molecule has 4 aromatic carbocycles. The van der Waals surface area contributed by atoms with Crippen molar-refractivity contribution < 1.29 is 8.42 Å². The summed E-state index contributed by atoms with van der Waals surface area (Å²) in [5.74, 6) is 0.773. The number of anilines is 2. The Morgan fingerprint density at radius 1 is 0.882 bits per heavy atom. The lowest BCUT2D eigenvalue weighted by molar-refractivity contribution is 0.601. The van der Waals surface area contributed by atoms with Crippen molar-refractivity contribution in [1.29, 1.82) is 0 Å². The van der Waals surface area contributed by atoms with Gasteiger partial charge in [-0.15, -0.1) is 0 Å². The lowest BCUT2D eigenvalue weighted by Gasteiger charge is -2.12. The summed E-state index contributed by atoms with van der Waals surface area (Å²) >= 11 is 0. The highest BCUT2D eigenvalue weighted by Gasteiger charge is 2.17. The zero-order valence-corrected chi connectivity index (χ0v) is 19.5. The summed E-state index contributed by atoms with van der Waals surface area (Å²) in [6.07, 6.45) is 0. The molecule has 0 unspecified atom stereocenters. The SMILES string of the molecule is Cc1ccc(Cn2c(-c3cccc(NS(=O)(=O)c4ccc(N)cc4)c3)nc3ccccc32)cc1. The Morgan fingerprint density at radius 2 is 1.62 bits per heavy atom. The van der Waals surface area contributed by atoms with Crippen LogP contribution in [0, 0.1) is 6.92 Å². The van der Waals surface area contributed by atoms with E-state index in [2.05, 4.69) is 40.5 Å². The summed E-state index contributed by atoms with van der Waals surface area (Å²) in [7, 11) is -3.75. The zero-order valence-electron chi connectivity index (χ0n) is 18.6. The van der Waals surface area contributed by atoms with Crippen molar-refractivity contribution in [1.82, 2.24) is 9.55 Å². The topological polar surface area (TPSA) is 90.0 Å². The van der Waals surface area contributed by atoms with Crippen LogP contribution in [0.25, 0.3) is 22.4 Å². The van der Waals surface area contributed by atoms with Crippen molar-refractivity contribution in [2.75, 3.05) is 10.5 Å². The monoisotopic (exact) mass is 468 g/mol. The number of fused-ring (bicyclic) bond motifs is 1. The number of imidazole rings is 1. The maximum absolute atomic E-state index is 12.9. The number of hydrogen-bond acceptors (Lipinski definition) is 4. The van der Waals surface area contributed by atoms with Gasteiger partial charge in [-0.1, -0.05) is 54.1 Å². The smallest absolute Gasteiger partial charge is 0.261 e. The van der Waals surface area contributed by atoms with Crippen molar-refractivity contribution >= 4 is 32.4 Å². The third kappa shape index (κ3) is 4.38. The summed E-state index contributed by atoms with van der Waals surface area (Å²) in [6.45, 7) is 2.72. The van der Waals surface area contributed by atoms with Gasteiger partial charge in [-0.2, -0.15) is 0 Å². The number of nitrogen functional groups attached to an aromatic ring is 1. The van der Waals surface area contributed by atoms with Gasteiger partial charge in [-0.3, -0.25) is 4.72 Å². The molecule has 1 heterocycles. The Balaban J connectivity index is 1.53. The van der Waals surface area contributed by atoms with E-state index in [0.717, 1.165) is 28.0 Å². The molecule has 0 spiro atoms. The van der Waals surface area contributed by atoms with Crippen molar-refractivity contribution in [3.05, 3.63) is 108 Å². The number of benzene rings is 4. The summed E-state index contributed by atoms with van der Waals surface area (Å²) in [5, 5.41) is 0. The van der Waals surface area contributed by atoms with Crippen molar-refractivity contribution in [3.8, 4) is 11.4 Å². The highest BCUT2D eigenvalue weighted by atomic mass is 32.2. The van der Waals surface area contributed by atoms with Crippen LogP contribution < -0.4 is 10.5 Å². The van der Waals surface area contributed by atoms with Crippen LogP contribution >= 0.6 is 0 Å². The summed E-state index contributed by atoms with van der Waals surface area (Å²) in [5.41, 5.74) is 11.8. The van der Waals surface area contributed by atoms with Crippen LogP contribution in [0.4, 0.5) is 11.4 Å². The molecule has 0 aliphatic rings. The molecule has 3 N–H and O–H groups in total. The fraction of sp³-hybridized carbons (Fsp3) is 0.0741. The molecule has 1 aromatic heterocycles. The van der Waals surface area contributed by atoms with Crippen LogP contribution in [0.2, 0.25) is 0 Å². The van der Waals surface area contributed by atoms with E-state index in [-0.39, 0.29) is 4.90 Å². The average Bonchev–Trinajstić information content (AvgIpc) is 3.19. The lowest BCUT2D eigenvalue weighted by atomic mass is 10.1. The maximum atomic E-state index is 12.9. The summed E-state index contributed by atoms with van der Waals surface area (Å²) in [6, 6.07) is 29.8. The molecule has 0 saturated carbocycles. The third-order valence-corrected chi connectivity index (χ3v) is 7.08. The summed E-state index contributed by atoms with van der Waals surface area (Å²) < 4.78 is 30.6. The van der Waals surface area contributed by atoms with Crippen molar-refractivity contribution in [2.45, 2.75) is 18.4 Å². The normalized spacial score (nSPS) is 11.6. The number of nitrogens with one attached hydrogen (secondary N) is 1. The Kier molecular flexibility index (Phi) is 5.55. The van der Waals surface area contributed by atoms with Gasteiger partial charge in [-0.05, 0) is 61.0 Å². The number of aryl methyl sites for hydroxylation is 1. The fourth-order valence-electron chi connectivity index (χ4n) is 3.91. The molecule has 0 fully saturated rings. The van der Waals surface area contributed by atoms with Crippen LogP contribution in [-0.2, 0) is 16.6 Å². The third-order valence-electron chi connectivity index (χ3n) is 5.68. The first-order chi connectivity index (χ1) is 16.4. The molecule has 6 nitrogen and oxygen atoms in total. The number of rotatable bonds is 6. The minimum Gasteiger partial charge on any atom is -0.399 e. The van der Waals surface area contributed by atoms with Crippen LogP contribution in [0.1, 0.15) is 11.1 Å². The Morgan fingerprint density at radius 3 is 2.38 bits per heavy atom. The Bertz CT molecular complexity index is 1570. The fourth-order valence-corrected chi connectivity index (χ4v) is 4.96. The van der Waals surface area contributed by atoms with E-state index in [1.54, 1.807) is 18.2 Å². The second kappa shape index (κ2) is 8.68. The zero-order chi connectivity index (χ0) is 23.7. The van der Waals surface area contributed by atoms with Crippen LogP contribution in [0.15, 0.2) is 102 Å². The molecule has 0 saturated heterocycles. The molecule has 0 aliphatic heterocycles. The number of sulfonamides is 1. The number of nitrogens with zero attached hydrogens (tertiary/aromatic N) is 2. The van der Waals surface area contributed by atoms with Gasteiger partial charge in [0.25, 0.3) is 10.0 Å². The van der Waals surface area contributed by atoms with E-state index in [9.17, 15) is 8.42 Å². The number of aromatic nitrogens is 2. The van der Waals surface area contributed by atoms with Crippen LogP contribution in [0.3, 0.4) is 0 Å². The van der Waals surface area contributed by atoms with E-state index < -0.39 is 10.0 Å². The number of para-hydroxylation sites is 2. The van der Waals surface area contributed by atoms with Gasteiger partial charge in [0.15, 0.2) is 0 Å². The predicted octanol–water partition coefficient (Wildman–Crippen LogP) is 5.44. The molecular formula is C27H24N4O2S.